The number of carbonyl (C=O) groups excluding carboxylic acids is 2. The zero-order chi connectivity index (χ0) is 19.6. The molecule has 0 aliphatic carbocycles. The highest BCUT2D eigenvalue weighted by Gasteiger charge is 2.22. The number of rotatable bonds is 9. The van der Waals surface area contributed by atoms with E-state index in [9.17, 15) is 19.5 Å². The van der Waals surface area contributed by atoms with Gasteiger partial charge in [0, 0.05) is 19.9 Å². The topological polar surface area (TPSA) is 86.7 Å². The van der Waals surface area contributed by atoms with Crippen LogP contribution in [0.25, 0.3) is 0 Å². The van der Waals surface area contributed by atoms with Crippen LogP contribution >= 0.6 is 0 Å². The molecule has 2 aromatic carbocycles. The molecule has 2 N–H and O–H groups in total. The van der Waals surface area contributed by atoms with Gasteiger partial charge in [-0.2, -0.15) is 0 Å². The number of nitrogens with zero attached hydrogens (tertiary/aromatic N) is 1. The lowest BCUT2D eigenvalue weighted by Crippen LogP contribution is -2.47. The van der Waals surface area contributed by atoms with E-state index in [2.05, 4.69) is 5.32 Å². The van der Waals surface area contributed by atoms with Crippen LogP contribution in [0.15, 0.2) is 60.7 Å². The maximum atomic E-state index is 12.3. The van der Waals surface area contributed by atoms with E-state index in [4.69, 9.17) is 0 Å². The van der Waals surface area contributed by atoms with E-state index in [1.54, 1.807) is 0 Å². The second-order valence-electron chi connectivity index (χ2n) is 6.32. The van der Waals surface area contributed by atoms with Crippen molar-refractivity contribution >= 4 is 17.8 Å². The molecule has 0 saturated heterocycles. The second kappa shape index (κ2) is 10.1. The zero-order valence-electron chi connectivity index (χ0n) is 15.3. The molecule has 0 saturated carbocycles. The summed E-state index contributed by atoms with van der Waals surface area (Å²) >= 11 is 0. The van der Waals surface area contributed by atoms with E-state index in [1.165, 1.54) is 11.8 Å². The molecule has 27 heavy (non-hydrogen) atoms. The summed E-state index contributed by atoms with van der Waals surface area (Å²) in [7, 11) is 0. The molecule has 0 aliphatic rings. The normalized spacial score (nSPS) is 11.4. The molecule has 142 valence electrons. The Morgan fingerprint density at radius 3 is 2.04 bits per heavy atom. The van der Waals surface area contributed by atoms with Crippen LogP contribution in [-0.4, -0.2) is 46.9 Å². The van der Waals surface area contributed by atoms with Crippen LogP contribution in [0.3, 0.4) is 0 Å². The highest BCUT2D eigenvalue weighted by Crippen LogP contribution is 2.05. The molecule has 0 heterocycles. The lowest BCUT2D eigenvalue weighted by atomic mass is 10.1. The molecule has 2 amide bonds. The van der Waals surface area contributed by atoms with Crippen molar-refractivity contribution in [2.45, 2.75) is 25.8 Å². The number of hydrogen-bond acceptors (Lipinski definition) is 3. The van der Waals surface area contributed by atoms with Crippen LogP contribution in [-0.2, 0) is 27.2 Å². The summed E-state index contributed by atoms with van der Waals surface area (Å²) in [5, 5.41) is 11.9. The van der Waals surface area contributed by atoms with Crippen molar-refractivity contribution in [1.82, 2.24) is 10.2 Å². The van der Waals surface area contributed by atoms with Gasteiger partial charge in [-0.1, -0.05) is 60.7 Å². The molecule has 0 radical (unpaired) electrons. The molecule has 6 heteroatoms. The third-order valence-electron chi connectivity index (χ3n) is 4.21. The first-order valence-corrected chi connectivity index (χ1v) is 8.81. The first-order valence-electron chi connectivity index (χ1n) is 8.81. The molecule has 2 aromatic rings. The van der Waals surface area contributed by atoms with Gasteiger partial charge in [0.15, 0.2) is 0 Å². The summed E-state index contributed by atoms with van der Waals surface area (Å²) in [4.78, 5) is 37.0. The lowest BCUT2D eigenvalue weighted by molar-refractivity contribution is -0.142. The number of benzene rings is 2. The monoisotopic (exact) mass is 368 g/mol. The largest absolute Gasteiger partial charge is 0.480 e. The number of carbonyl (C=O) groups is 3. The zero-order valence-corrected chi connectivity index (χ0v) is 15.3. The van der Waals surface area contributed by atoms with Gasteiger partial charge >= 0.3 is 5.97 Å². The Hall–Kier alpha value is -3.15. The van der Waals surface area contributed by atoms with Gasteiger partial charge in [0.25, 0.3) is 0 Å². The van der Waals surface area contributed by atoms with Gasteiger partial charge in [0.2, 0.25) is 11.8 Å². The Labute approximate surface area is 158 Å². The Balaban J connectivity index is 1.92. The number of carboxylic acids is 1. The number of aliphatic carboxylic acids is 1. The quantitative estimate of drug-likeness (QED) is 0.708. The highest BCUT2D eigenvalue weighted by molar-refractivity contribution is 5.87. The maximum Gasteiger partial charge on any atom is 0.326 e. The van der Waals surface area contributed by atoms with Crippen molar-refractivity contribution in [2.24, 2.45) is 0 Å². The first-order chi connectivity index (χ1) is 13.0. The Morgan fingerprint density at radius 1 is 0.963 bits per heavy atom. The van der Waals surface area contributed by atoms with Crippen molar-refractivity contribution in [1.29, 1.82) is 0 Å². The van der Waals surface area contributed by atoms with Gasteiger partial charge in [-0.3, -0.25) is 9.59 Å². The Morgan fingerprint density at radius 2 is 1.52 bits per heavy atom. The van der Waals surface area contributed by atoms with Crippen LogP contribution in [0.2, 0.25) is 0 Å². The van der Waals surface area contributed by atoms with E-state index in [-0.39, 0.29) is 18.9 Å². The minimum Gasteiger partial charge on any atom is -0.480 e. The van der Waals surface area contributed by atoms with E-state index in [0.29, 0.717) is 13.0 Å². The fourth-order valence-electron chi connectivity index (χ4n) is 2.72. The first kappa shape index (κ1) is 20.2. The average Bonchev–Trinajstić information content (AvgIpc) is 2.66. The van der Waals surface area contributed by atoms with E-state index >= 15 is 0 Å². The molecule has 0 aromatic heterocycles. The fraction of sp³-hybridized carbons (Fsp3) is 0.286. The van der Waals surface area contributed by atoms with Crippen LogP contribution in [0, 0.1) is 0 Å². The molecular weight excluding hydrogens is 344 g/mol. The van der Waals surface area contributed by atoms with Crippen molar-refractivity contribution < 1.29 is 19.5 Å². The summed E-state index contributed by atoms with van der Waals surface area (Å²) in [5.41, 5.74) is 1.88. The molecule has 0 bridgehead atoms. The number of carboxylic acid groups (broad SMARTS) is 1. The lowest BCUT2D eigenvalue weighted by Gasteiger charge is -2.22. The molecule has 0 fully saturated rings. The van der Waals surface area contributed by atoms with Crippen molar-refractivity contribution in [2.75, 3.05) is 13.1 Å². The Bertz CT molecular complexity index is 762. The number of nitrogens with one attached hydrogen (secondary N) is 1. The SMILES string of the molecule is CC(=O)N(CCc1ccccc1)CC(=O)N[C@H](Cc1ccccc1)C(=O)O. The smallest absolute Gasteiger partial charge is 0.326 e. The molecule has 6 nitrogen and oxygen atoms in total. The van der Waals surface area contributed by atoms with Crippen molar-refractivity contribution in [3.8, 4) is 0 Å². The van der Waals surface area contributed by atoms with Gasteiger partial charge in [-0.05, 0) is 17.5 Å². The molecule has 0 aliphatic heterocycles. The standard InChI is InChI=1S/C21H24N2O4/c1-16(24)23(13-12-17-8-4-2-5-9-17)15-20(25)22-19(21(26)27)14-18-10-6-3-7-11-18/h2-11,19H,12-15H2,1H3,(H,22,25)(H,26,27)/t19-/m1/s1. The summed E-state index contributed by atoms with van der Waals surface area (Å²) in [5.74, 6) is -1.82. The summed E-state index contributed by atoms with van der Waals surface area (Å²) in [6.45, 7) is 1.63. The van der Waals surface area contributed by atoms with E-state index < -0.39 is 17.9 Å². The number of hydrogen-bond donors (Lipinski definition) is 2. The van der Waals surface area contributed by atoms with Crippen molar-refractivity contribution in [3.05, 3.63) is 71.8 Å². The highest BCUT2D eigenvalue weighted by atomic mass is 16.4. The average molecular weight is 368 g/mol. The second-order valence-corrected chi connectivity index (χ2v) is 6.32. The minimum absolute atomic E-state index is 0.166. The third kappa shape index (κ3) is 6.93. The van der Waals surface area contributed by atoms with E-state index in [0.717, 1.165) is 11.1 Å². The van der Waals surface area contributed by atoms with Gasteiger partial charge < -0.3 is 15.3 Å². The Kier molecular flexibility index (Phi) is 7.55. The third-order valence-corrected chi connectivity index (χ3v) is 4.21. The minimum atomic E-state index is -1.11. The van der Waals surface area contributed by atoms with Crippen LogP contribution in [0.1, 0.15) is 18.1 Å². The molecule has 0 unspecified atom stereocenters. The van der Waals surface area contributed by atoms with Crippen LogP contribution in [0.5, 0.6) is 0 Å². The van der Waals surface area contributed by atoms with Crippen LogP contribution < -0.4 is 5.32 Å². The molecule has 1 atom stereocenters. The molecular formula is C21H24N2O4. The predicted octanol–water partition coefficient (Wildman–Crippen LogP) is 1.89. The summed E-state index contributed by atoms with van der Waals surface area (Å²) in [6.07, 6.45) is 0.812. The van der Waals surface area contributed by atoms with Gasteiger partial charge in [-0.15, -0.1) is 0 Å². The van der Waals surface area contributed by atoms with Gasteiger partial charge in [0.05, 0.1) is 6.54 Å². The van der Waals surface area contributed by atoms with Gasteiger partial charge in [-0.25, -0.2) is 4.79 Å². The van der Waals surface area contributed by atoms with Crippen LogP contribution in [0.4, 0.5) is 0 Å². The number of amides is 2. The summed E-state index contributed by atoms with van der Waals surface area (Å²) < 4.78 is 0. The van der Waals surface area contributed by atoms with Gasteiger partial charge in [0.1, 0.15) is 6.04 Å². The summed E-state index contributed by atoms with van der Waals surface area (Å²) in [6, 6.07) is 17.7. The molecule has 2 rings (SSSR count). The predicted molar refractivity (Wildman–Crippen MR) is 102 cm³/mol. The van der Waals surface area contributed by atoms with E-state index in [1.807, 2.05) is 60.7 Å². The van der Waals surface area contributed by atoms with Crippen molar-refractivity contribution in [3.63, 3.8) is 0 Å². The molecule has 0 spiro atoms. The maximum absolute atomic E-state index is 12.3. The fourth-order valence-corrected chi connectivity index (χ4v) is 2.72.